The minimum atomic E-state index is -2.00. The highest BCUT2D eigenvalue weighted by atomic mass is 32.2. The normalized spacial score (nSPS) is 21.0. The molecule has 16 nitrogen and oxygen atoms in total. The second-order valence-corrected chi connectivity index (χ2v) is 10.2. The van der Waals surface area contributed by atoms with Crippen molar-refractivity contribution in [3.05, 3.63) is 41.1 Å². The van der Waals surface area contributed by atoms with Gasteiger partial charge in [-0.15, -0.1) is 16.9 Å². The number of amides is 3. The van der Waals surface area contributed by atoms with Crippen LogP contribution in [-0.2, 0) is 31.0 Å². The van der Waals surface area contributed by atoms with Gasteiger partial charge in [-0.2, -0.15) is 0 Å². The predicted molar refractivity (Wildman–Crippen MR) is 132 cm³/mol. The molecule has 5 N–H and O–H groups in total. The zero-order valence-electron chi connectivity index (χ0n) is 20.3. The van der Waals surface area contributed by atoms with E-state index in [1.165, 1.54) is 40.7 Å². The lowest BCUT2D eigenvalue weighted by atomic mass is 9.94. The Balaban J connectivity index is 1.56. The molecule has 2 aliphatic rings. The fraction of sp³-hybridized carbons (Fsp3) is 0.333. The highest BCUT2D eigenvalue weighted by Crippen LogP contribution is 2.47. The molecule has 3 amide bonds. The van der Waals surface area contributed by atoms with Gasteiger partial charge in [0.25, 0.3) is 11.6 Å². The first kappa shape index (κ1) is 27.9. The van der Waals surface area contributed by atoms with Crippen molar-refractivity contribution >= 4 is 53.4 Å². The molecule has 0 radical (unpaired) electrons. The van der Waals surface area contributed by atoms with E-state index in [9.17, 15) is 34.2 Å². The number of rotatable bonds is 10. The average molecular weight is 580 g/mol. The highest BCUT2D eigenvalue weighted by molar-refractivity contribution is 8.01. The van der Waals surface area contributed by atoms with E-state index < -0.39 is 46.9 Å². The SMILES string of the molecule is CO[C@@]1(NC(=O)C(C(=O)O)c2ccc(OC(N)=O)cc2)C(=O)N2C(C(=O)O)=C(CSc3nnnn3C)CS[C@H]21. The van der Waals surface area contributed by atoms with Gasteiger partial charge in [0.15, 0.2) is 5.92 Å². The molecule has 4 rings (SSSR count). The molecule has 0 saturated carbocycles. The van der Waals surface area contributed by atoms with Crippen molar-refractivity contribution in [3.8, 4) is 5.75 Å². The Kier molecular flexibility index (Phi) is 7.79. The number of fused-ring (bicyclic) bond motifs is 1. The fourth-order valence-electron chi connectivity index (χ4n) is 4.06. The van der Waals surface area contributed by atoms with Crippen LogP contribution in [0, 0.1) is 0 Å². The predicted octanol–water partition coefficient (Wildman–Crippen LogP) is -0.659. The Labute approximate surface area is 227 Å². The topological polar surface area (TPSA) is 229 Å². The lowest BCUT2D eigenvalue weighted by Gasteiger charge is -2.56. The number of hydrogen-bond donors (Lipinski definition) is 4. The van der Waals surface area contributed by atoms with E-state index in [4.69, 9.17) is 15.2 Å². The smallest absolute Gasteiger partial charge is 0.409 e. The van der Waals surface area contributed by atoms with E-state index in [0.29, 0.717) is 10.7 Å². The summed E-state index contributed by atoms with van der Waals surface area (Å²) < 4.78 is 11.5. The number of carboxylic acids is 2. The number of tetrazole rings is 1. The van der Waals surface area contributed by atoms with E-state index in [-0.39, 0.29) is 28.5 Å². The number of β-lactam (4-membered cyclic amide) rings is 1. The first-order chi connectivity index (χ1) is 18.5. The summed E-state index contributed by atoms with van der Waals surface area (Å²) in [6.45, 7) is 0. The van der Waals surface area contributed by atoms with E-state index in [1.807, 2.05) is 0 Å². The number of primary amides is 1. The molecule has 2 aliphatic heterocycles. The molecule has 206 valence electrons. The van der Waals surface area contributed by atoms with Crippen molar-refractivity contribution in [1.29, 1.82) is 0 Å². The molecule has 2 aromatic rings. The highest BCUT2D eigenvalue weighted by Gasteiger charge is 2.67. The molecule has 1 fully saturated rings. The number of aliphatic carboxylic acids is 2. The summed E-state index contributed by atoms with van der Waals surface area (Å²) in [5.41, 5.74) is 3.15. The molecule has 1 aromatic heterocycles. The van der Waals surface area contributed by atoms with Gasteiger partial charge in [-0.3, -0.25) is 19.3 Å². The van der Waals surface area contributed by atoms with Crippen LogP contribution in [0.2, 0.25) is 0 Å². The van der Waals surface area contributed by atoms with Gasteiger partial charge in [-0.05, 0) is 33.7 Å². The van der Waals surface area contributed by atoms with Crippen LogP contribution >= 0.6 is 23.5 Å². The number of carbonyl (C=O) groups excluding carboxylic acids is 3. The third-order valence-corrected chi connectivity index (χ3v) is 8.31. The summed E-state index contributed by atoms with van der Waals surface area (Å²) in [6.07, 6.45) is -1.07. The van der Waals surface area contributed by atoms with E-state index in [2.05, 4.69) is 20.8 Å². The molecule has 1 aromatic carbocycles. The Hall–Kier alpha value is -4.16. The van der Waals surface area contributed by atoms with Gasteiger partial charge < -0.3 is 30.7 Å². The van der Waals surface area contributed by atoms with Crippen molar-refractivity contribution in [1.82, 2.24) is 30.4 Å². The van der Waals surface area contributed by atoms with Crippen LogP contribution in [0.1, 0.15) is 11.5 Å². The second kappa shape index (κ2) is 10.9. The first-order valence-electron chi connectivity index (χ1n) is 10.9. The third-order valence-electron chi connectivity index (χ3n) is 5.84. The Morgan fingerprint density at radius 3 is 2.51 bits per heavy atom. The van der Waals surface area contributed by atoms with Gasteiger partial charge in [0, 0.05) is 25.7 Å². The number of ether oxygens (including phenoxy) is 2. The summed E-state index contributed by atoms with van der Waals surface area (Å²) in [7, 11) is 2.78. The summed E-state index contributed by atoms with van der Waals surface area (Å²) in [6, 6.07) is 5.01. The molecule has 0 aliphatic carbocycles. The van der Waals surface area contributed by atoms with Crippen LogP contribution in [0.25, 0.3) is 0 Å². The summed E-state index contributed by atoms with van der Waals surface area (Å²) in [4.78, 5) is 62.6. The summed E-state index contributed by atoms with van der Waals surface area (Å²) >= 11 is 2.34. The number of aryl methyl sites for hydroxylation is 1. The van der Waals surface area contributed by atoms with E-state index >= 15 is 0 Å². The van der Waals surface area contributed by atoms with Crippen LogP contribution in [0.3, 0.4) is 0 Å². The first-order valence-corrected chi connectivity index (χ1v) is 13.0. The number of hydrogen-bond acceptors (Lipinski definition) is 12. The number of nitrogens with one attached hydrogen (secondary N) is 1. The zero-order chi connectivity index (χ0) is 28.5. The minimum absolute atomic E-state index is 0.0201. The van der Waals surface area contributed by atoms with Gasteiger partial charge in [0.1, 0.15) is 16.8 Å². The summed E-state index contributed by atoms with van der Waals surface area (Å²) in [5.74, 6) is -6.18. The molecule has 18 heteroatoms. The Morgan fingerprint density at radius 2 is 1.97 bits per heavy atom. The van der Waals surface area contributed by atoms with Crippen molar-refractivity contribution in [2.24, 2.45) is 12.8 Å². The van der Waals surface area contributed by atoms with Gasteiger partial charge >= 0.3 is 18.0 Å². The Morgan fingerprint density at radius 1 is 1.28 bits per heavy atom. The molecule has 0 bridgehead atoms. The van der Waals surface area contributed by atoms with E-state index in [1.54, 1.807) is 7.05 Å². The lowest BCUT2D eigenvalue weighted by Crippen LogP contribution is -2.81. The van der Waals surface area contributed by atoms with Crippen LogP contribution < -0.4 is 15.8 Å². The monoisotopic (exact) mass is 579 g/mol. The number of carbonyl (C=O) groups is 5. The summed E-state index contributed by atoms with van der Waals surface area (Å²) in [5, 5.41) is 32.6. The van der Waals surface area contributed by atoms with Crippen molar-refractivity contribution in [2.75, 3.05) is 18.6 Å². The minimum Gasteiger partial charge on any atom is -0.480 e. The van der Waals surface area contributed by atoms with Crippen LogP contribution in [0.15, 0.2) is 40.7 Å². The van der Waals surface area contributed by atoms with E-state index in [0.717, 1.165) is 23.8 Å². The van der Waals surface area contributed by atoms with Crippen LogP contribution in [-0.4, -0.2) is 94.9 Å². The van der Waals surface area contributed by atoms with Gasteiger partial charge in [-0.1, -0.05) is 23.9 Å². The molecule has 1 unspecified atom stereocenters. The Bertz CT molecular complexity index is 1380. The number of carboxylic acid groups (broad SMARTS) is 2. The average Bonchev–Trinajstić information content (AvgIpc) is 3.30. The van der Waals surface area contributed by atoms with Crippen molar-refractivity contribution in [2.45, 2.75) is 22.2 Å². The maximum atomic E-state index is 13.3. The molecule has 3 atom stereocenters. The fourth-order valence-corrected chi connectivity index (χ4v) is 6.48. The number of nitrogens with two attached hydrogens (primary N) is 1. The molecular formula is C21H21N7O9S2. The second-order valence-electron chi connectivity index (χ2n) is 8.16. The van der Waals surface area contributed by atoms with Crippen LogP contribution in [0.4, 0.5) is 4.79 Å². The lowest BCUT2D eigenvalue weighted by molar-refractivity contribution is -0.193. The van der Waals surface area contributed by atoms with Crippen molar-refractivity contribution < 1.29 is 43.7 Å². The van der Waals surface area contributed by atoms with Crippen molar-refractivity contribution in [3.63, 3.8) is 0 Å². The maximum Gasteiger partial charge on any atom is 0.409 e. The number of benzene rings is 1. The van der Waals surface area contributed by atoms with Gasteiger partial charge in [-0.25, -0.2) is 14.3 Å². The van der Waals surface area contributed by atoms with Gasteiger partial charge in [0.2, 0.25) is 11.1 Å². The molecule has 39 heavy (non-hydrogen) atoms. The molecule has 1 saturated heterocycles. The standard InChI is InChI=1S/C21H21N7O9S2/c1-27-20(24-25-26-27)39-8-10-7-38-18-21(36-2,17(34)28(18)13(10)16(32)33)23-14(29)12(15(30)31)9-3-5-11(6-4-9)37-19(22)35/h3-6,12,18H,7-8H2,1-2H3,(H2,22,35)(H,23,29)(H,30,31)(H,32,33)/t12?,18-,21-/m0/s1. The molecule has 0 spiro atoms. The number of methoxy groups -OCH3 is 1. The van der Waals surface area contributed by atoms with Crippen LogP contribution in [0.5, 0.6) is 5.75 Å². The molecule has 3 heterocycles. The zero-order valence-corrected chi connectivity index (χ0v) is 21.9. The number of nitrogens with zero attached hydrogens (tertiary/aromatic N) is 5. The molecular weight excluding hydrogens is 558 g/mol. The quantitative estimate of drug-likeness (QED) is 0.119. The third kappa shape index (κ3) is 5.12. The maximum absolute atomic E-state index is 13.3. The van der Waals surface area contributed by atoms with Gasteiger partial charge in [0.05, 0.1) is 0 Å². The number of thioether (sulfide) groups is 2. The number of aromatic nitrogens is 4. The largest absolute Gasteiger partial charge is 0.480 e.